The molecule has 0 aliphatic rings. The Morgan fingerprint density at radius 2 is 1.77 bits per heavy atom. The van der Waals surface area contributed by atoms with E-state index < -0.39 is 29.1 Å². The summed E-state index contributed by atoms with van der Waals surface area (Å²) in [6, 6.07) is 11.9. The number of anilines is 1. The van der Waals surface area contributed by atoms with E-state index >= 15 is 0 Å². The molecule has 3 amide bonds. The van der Waals surface area contributed by atoms with Crippen molar-refractivity contribution in [3.8, 4) is 6.07 Å². The fourth-order valence-corrected chi connectivity index (χ4v) is 3.36. The molecule has 0 saturated heterocycles. The first kappa shape index (κ1) is 21.2. The lowest BCUT2D eigenvalue weighted by Gasteiger charge is -2.09. The number of hydrogen-bond donors (Lipinski definition) is 2. The lowest BCUT2D eigenvalue weighted by molar-refractivity contribution is 0.0959. The SMILES string of the molecule is N#Cc1cnc(Sc2ccc(NC(=O)NC(=O)c3c(F)cccc3F)cc2)c(Cl)c1. The molecular formula is C20H11ClF2N4O2S. The minimum Gasteiger partial charge on any atom is -0.308 e. The molecule has 2 N–H and O–H groups in total. The standard InChI is InChI=1S/C20H11ClF2N4O2S/c21-14-8-11(9-24)10-25-19(14)30-13-6-4-12(5-7-13)26-20(29)27-18(28)17-15(22)2-1-3-16(17)23/h1-8,10H,(H2,26,27,28,29). The van der Waals surface area contributed by atoms with E-state index in [1.807, 2.05) is 11.4 Å². The fourth-order valence-electron chi connectivity index (χ4n) is 2.32. The summed E-state index contributed by atoms with van der Waals surface area (Å²) in [4.78, 5) is 28.8. The van der Waals surface area contributed by atoms with Crippen LogP contribution in [0, 0.1) is 23.0 Å². The number of amides is 3. The molecule has 30 heavy (non-hydrogen) atoms. The number of hydrogen-bond acceptors (Lipinski definition) is 5. The molecule has 0 aliphatic carbocycles. The lowest BCUT2D eigenvalue weighted by Crippen LogP contribution is -2.35. The van der Waals surface area contributed by atoms with E-state index in [2.05, 4.69) is 10.3 Å². The Kier molecular flexibility index (Phi) is 6.61. The summed E-state index contributed by atoms with van der Waals surface area (Å²) in [5.74, 6) is -3.34. The summed E-state index contributed by atoms with van der Waals surface area (Å²) in [5, 5.41) is 13.9. The van der Waals surface area contributed by atoms with Gasteiger partial charge in [-0.05, 0) is 42.5 Å². The van der Waals surface area contributed by atoms with Crippen molar-refractivity contribution >= 4 is 41.0 Å². The summed E-state index contributed by atoms with van der Waals surface area (Å²) in [7, 11) is 0. The molecule has 150 valence electrons. The Morgan fingerprint density at radius 1 is 1.10 bits per heavy atom. The molecule has 0 spiro atoms. The first-order chi connectivity index (χ1) is 14.4. The number of carbonyl (C=O) groups excluding carboxylic acids is 2. The Bertz CT molecular complexity index is 1150. The van der Waals surface area contributed by atoms with Crippen molar-refractivity contribution < 1.29 is 18.4 Å². The van der Waals surface area contributed by atoms with Crippen molar-refractivity contribution in [1.29, 1.82) is 5.26 Å². The molecular weight excluding hydrogens is 434 g/mol. The normalized spacial score (nSPS) is 10.2. The molecule has 0 aliphatic heterocycles. The van der Waals surface area contributed by atoms with Crippen molar-refractivity contribution in [2.24, 2.45) is 0 Å². The zero-order valence-corrected chi connectivity index (χ0v) is 16.5. The van der Waals surface area contributed by atoms with Crippen LogP contribution in [0.3, 0.4) is 0 Å². The summed E-state index contributed by atoms with van der Waals surface area (Å²) in [6.07, 6.45) is 1.41. The number of nitriles is 1. The number of nitrogens with one attached hydrogen (secondary N) is 2. The first-order valence-electron chi connectivity index (χ1n) is 8.27. The van der Waals surface area contributed by atoms with Gasteiger partial charge in [-0.15, -0.1) is 0 Å². The van der Waals surface area contributed by atoms with Crippen LogP contribution in [0.4, 0.5) is 19.3 Å². The molecule has 0 unspecified atom stereocenters. The second-order valence-corrected chi connectivity index (χ2v) is 7.22. The topological polar surface area (TPSA) is 94.9 Å². The van der Waals surface area contributed by atoms with Gasteiger partial charge in [-0.3, -0.25) is 10.1 Å². The third-order valence-electron chi connectivity index (χ3n) is 3.68. The van der Waals surface area contributed by atoms with Crippen LogP contribution in [0.2, 0.25) is 5.02 Å². The summed E-state index contributed by atoms with van der Waals surface area (Å²) in [5.41, 5.74) is -0.150. The fraction of sp³-hybridized carbons (Fsp3) is 0. The van der Waals surface area contributed by atoms with E-state index in [1.165, 1.54) is 24.0 Å². The third kappa shape index (κ3) is 5.11. The average molecular weight is 445 g/mol. The smallest absolute Gasteiger partial charge is 0.308 e. The Labute approximate surface area is 178 Å². The number of carbonyl (C=O) groups is 2. The lowest BCUT2D eigenvalue weighted by atomic mass is 10.2. The highest BCUT2D eigenvalue weighted by Gasteiger charge is 2.19. The molecule has 0 radical (unpaired) electrons. The maximum absolute atomic E-state index is 13.6. The number of rotatable bonds is 4. The van der Waals surface area contributed by atoms with Crippen LogP contribution in [0.25, 0.3) is 0 Å². The monoisotopic (exact) mass is 444 g/mol. The number of imide groups is 1. The van der Waals surface area contributed by atoms with E-state index in [4.69, 9.17) is 16.9 Å². The van der Waals surface area contributed by atoms with Crippen LogP contribution in [0.15, 0.2) is 64.6 Å². The van der Waals surface area contributed by atoms with Crippen LogP contribution in [-0.4, -0.2) is 16.9 Å². The van der Waals surface area contributed by atoms with Gasteiger partial charge in [-0.25, -0.2) is 18.6 Å². The van der Waals surface area contributed by atoms with Crippen LogP contribution < -0.4 is 10.6 Å². The number of aromatic nitrogens is 1. The molecule has 3 rings (SSSR count). The van der Waals surface area contributed by atoms with Gasteiger partial charge >= 0.3 is 6.03 Å². The number of pyridine rings is 1. The Morgan fingerprint density at radius 3 is 2.37 bits per heavy atom. The molecule has 10 heteroatoms. The minimum absolute atomic E-state index is 0.333. The maximum atomic E-state index is 13.6. The number of benzene rings is 2. The van der Waals surface area contributed by atoms with Crippen molar-refractivity contribution in [3.63, 3.8) is 0 Å². The van der Waals surface area contributed by atoms with E-state index in [9.17, 15) is 18.4 Å². The molecule has 0 bridgehead atoms. The third-order valence-corrected chi connectivity index (χ3v) is 5.11. The summed E-state index contributed by atoms with van der Waals surface area (Å²) >= 11 is 7.35. The van der Waals surface area contributed by atoms with Gasteiger partial charge in [0, 0.05) is 16.8 Å². The Balaban J connectivity index is 1.62. The van der Waals surface area contributed by atoms with E-state index in [0.29, 0.717) is 21.3 Å². The molecule has 3 aromatic rings. The summed E-state index contributed by atoms with van der Waals surface area (Å²) < 4.78 is 27.2. The van der Waals surface area contributed by atoms with E-state index in [1.54, 1.807) is 24.3 Å². The van der Waals surface area contributed by atoms with Crippen LogP contribution in [-0.2, 0) is 0 Å². The molecule has 0 atom stereocenters. The predicted octanol–water partition coefficient (Wildman–Crippen LogP) is 5.00. The molecule has 0 saturated carbocycles. The van der Waals surface area contributed by atoms with Gasteiger partial charge in [0.1, 0.15) is 28.3 Å². The molecule has 0 fully saturated rings. The quantitative estimate of drug-likeness (QED) is 0.590. The van der Waals surface area contributed by atoms with Gasteiger partial charge < -0.3 is 5.32 Å². The number of nitrogens with zero attached hydrogens (tertiary/aromatic N) is 2. The second kappa shape index (κ2) is 9.35. The highest BCUT2D eigenvalue weighted by molar-refractivity contribution is 7.99. The van der Waals surface area contributed by atoms with E-state index in [-0.39, 0.29) is 0 Å². The van der Waals surface area contributed by atoms with Gasteiger partial charge in [-0.2, -0.15) is 5.26 Å². The summed E-state index contributed by atoms with van der Waals surface area (Å²) in [6.45, 7) is 0. The maximum Gasteiger partial charge on any atom is 0.326 e. The van der Waals surface area contributed by atoms with Gasteiger partial charge in [0.2, 0.25) is 0 Å². The highest BCUT2D eigenvalue weighted by atomic mass is 35.5. The number of urea groups is 1. The highest BCUT2D eigenvalue weighted by Crippen LogP contribution is 2.32. The Hall–Kier alpha value is -3.48. The molecule has 2 aromatic carbocycles. The zero-order valence-electron chi connectivity index (χ0n) is 14.9. The number of halogens is 3. The van der Waals surface area contributed by atoms with E-state index in [0.717, 1.165) is 23.1 Å². The largest absolute Gasteiger partial charge is 0.326 e. The van der Waals surface area contributed by atoms with Crippen molar-refractivity contribution in [2.75, 3.05) is 5.32 Å². The van der Waals surface area contributed by atoms with Crippen molar-refractivity contribution in [3.05, 3.63) is 82.5 Å². The minimum atomic E-state index is -1.20. The van der Waals surface area contributed by atoms with Gasteiger partial charge in [-0.1, -0.05) is 29.4 Å². The van der Waals surface area contributed by atoms with Gasteiger partial charge in [0.25, 0.3) is 5.91 Å². The van der Waals surface area contributed by atoms with Crippen molar-refractivity contribution in [2.45, 2.75) is 9.92 Å². The van der Waals surface area contributed by atoms with Gasteiger partial charge in [0.05, 0.1) is 10.6 Å². The van der Waals surface area contributed by atoms with Crippen LogP contribution in [0.5, 0.6) is 0 Å². The second-order valence-electron chi connectivity index (χ2n) is 5.75. The zero-order chi connectivity index (χ0) is 21.7. The first-order valence-corrected chi connectivity index (χ1v) is 9.46. The molecule has 1 aromatic heterocycles. The van der Waals surface area contributed by atoms with Gasteiger partial charge in [0.15, 0.2) is 0 Å². The average Bonchev–Trinajstić information content (AvgIpc) is 2.70. The predicted molar refractivity (Wildman–Crippen MR) is 107 cm³/mol. The molecule has 1 heterocycles. The van der Waals surface area contributed by atoms with Crippen LogP contribution >= 0.6 is 23.4 Å². The van der Waals surface area contributed by atoms with Crippen molar-refractivity contribution in [1.82, 2.24) is 10.3 Å². The van der Waals surface area contributed by atoms with Crippen LogP contribution in [0.1, 0.15) is 15.9 Å². The molecule has 6 nitrogen and oxygen atoms in total.